The Balaban J connectivity index is 1.84. The van der Waals surface area contributed by atoms with E-state index in [1.807, 2.05) is 12.1 Å². The van der Waals surface area contributed by atoms with Crippen molar-refractivity contribution in [3.63, 3.8) is 0 Å². The molecule has 4 nitrogen and oxygen atoms in total. The third-order valence-corrected chi connectivity index (χ3v) is 5.24. The summed E-state index contributed by atoms with van der Waals surface area (Å²) in [5.74, 6) is 0.429. The van der Waals surface area contributed by atoms with E-state index in [0.717, 1.165) is 31.5 Å². The fraction of sp³-hybridized carbons (Fsp3) is 0.600. The van der Waals surface area contributed by atoms with Crippen LogP contribution in [0.4, 0.5) is 0 Å². The molecule has 1 atom stereocenters. The molecule has 118 valence electrons. The van der Waals surface area contributed by atoms with Crippen LogP contribution >= 0.6 is 11.6 Å². The maximum Gasteiger partial charge on any atom is 0.148 e. The summed E-state index contributed by atoms with van der Waals surface area (Å²) in [7, 11) is -2.90. The van der Waals surface area contributed by atoms with Crippen LogP contribution in [0, 0.1) is 5.92 Å². The quantitative estimate of drug-likeness (QED) is 0.898. The van der Waals surface area contributed by atoms with E-state index in [9.17, 15) is 13.5 Å². The highest BCUT2D eigenvalue weighted by molar-refractivity contribution is 7.90. The van der Waals surface area contributed by atoms with Gasteiger partial charge in [0.25, 0.3) is 0 Å². The highest BCUT2D eigenvalue weighted by Crippen LogP contribution is 2.31. The van der Waals surface area contributed by atoms with Crippen molar-refractivity contribution in [3.05, 3.63) is 34.9 Å². The minimum atomic E-state index is -2.90. The van der Waals surface area contributed by atoms with Gasteiger partial charge in [-0.05, 0) is 49.5 Å². The topological polar surface area (TPSA) is 57.6 Å². The molecule has 6 heteroatoms. The van der Waals surface area contributed by atoms with Gasteiger partial charge in [-0.25, -0.2) is 8.42 Å². The van der Waals surface area contributed by atoms with E-state index in [4.69, 9.17) is 11.6 Å². The van der Waals surface area contributed by atoms with Crippen LogP contribution in [-0.4, -0.2) is 50.1 Å². The fourth-order valence-electron chi connectivity index (χ4n) is 2.72. The summed E-state index contributed by atoms with van der Waals surface area (Å²) in [6.07, 6.45) is 2.56. The second-order valence-corrected chi connectivity index (χ2v) is 8.50. The van der Waals surface area contributed by atoms with Crippen molar-refractivity contribution in [1.82, 2.24) is 4.90 Å². The largest absolute Gasteiger partial charge is 0.388 e. The molecule has 1 aromatic carbocycles. The van der Waals surface area contributed by atoms with Crippen LogP contribution in [0.5, 0.6) is 0 Å². The van der Waals surface area contributed by atoms with E-state index in [-0.39, 0.29) is 11.7 Å². The molecule has 0 aliphatic carbocycles. The maximum absolute atomic E-state index is 11.2. The fourth-order valence-corrected chi connectivity index (χ4v) is 3.44. The number of rotatable bonds is 5. The summed E-state index contributed by atoms with van der Waals surface area (Å²) in [5.41, 5.74) is 0.897. The van der Waals surface area contributed by atoms with E-state index in [1.54, 1.807) is 12.1 Å². The highest BCUT2D eigenvalue weighted by Gasteiger charge is 2.26. The van der Waals surface area contributed by atoms with Crippen molar-refractivity contribution in [1.29, 1.82) is 0 Å². The molecule has 21 heavy (non-hydrogen) atoms. The Kier molecular flexibility index (Phi) is 5.66. The van der Waals surface area contributed by atoms with Gasteiger partial charge in [-0.2, -0.15) is 0 Å². The number of piperidine rings is 1. The molecule has 1 saturated heterocycles. The molecule has 0 spiro atoms. The second-order valence-electron chi connectivity index (χ2n) is 5.81. The van der Waals surface area contributed by atoms with Crippen LogP contribution in [0.2, 0.25) is 5.02 Å². The molecular weight excluding hydrogens is 310 g/mol. The number of likely N-dealkylation sites (tertiary alicyclic amines) is 1. The van der Waals surface area contributed by atoms with Gasteiger partial charge in [-0.3, -0.25) is 0 Å². The molecule has 1 aliphatic rings. The standard InChI is InChI=1S/C15H22ClNO3S/c1-21(19,20)11-10-17-8-6-13(7-9-17)15(18)12-2-4-14(16)5-3-12/h2-5,13,15,18H,6-11H2,1H3. The predicted molar refractivity (Wildman–Crippen MR) is 85.3 cm³/mol. The first-order chi connectivity index (χ1) is 9.85. The lowest BCUT2D eigenvalue weighted by atomic mass is 9.87. The first-order valence-electron chi connectivity index (χ1n) is 7.19. The first kappa shape index (κ1) is 16.7. The van der Waals surface area contributed by atoms with Crippen LogP contribution in [0.25, 0.3) is 0 Å². The number of hydrogen-bond acceptors (Lipinski definition) is 4. The molecule has 1 fully saturated rings. The van der Waals surface area contributed by atoms with Crippen molar-refractivity contribution in [2.45, 2.75) is 18.9 Å². The number of halogens is 1. The van der Waals surface area contributed by atoms with Crippen molar-refractivity contribution in [2.24, 2.45) is 5.92 Å². The van der Waals surface area contributed by atoms with Crippen LogP contribution in [0.1, 0.15) is 24.5 Å². The molecule has 0 radical (unpaired) electrons. The lowest BCUT2D eigenvalue weighted by molar-refractivity contribution is 0.0606. The van der Waals surface area contributed by atoms with Gasteiger partial charge in [0, 0.05) is 17.8 Å². The summed E-state index contributed by atoms with van der Waals surface area (Å²) >= 11 is 5.86. The Bertz CT molecular complexity index is 551. The summed E-state index contributed by atoms with van der Waals surface area (Å²) < 4.78 is 22.4. The molecule has 1 aliphatic heterocycles. The van der Waals surface area contributed by atoms with Crippen LogP contribution in [-0.2, 0) is 9.84 Å². The zero-order chi connectivity index (χ0) is 15.5. The van der Waals surface area contributed by atoms with Crippen LogP contribution in [0.15, 0.2) is 24.3 Å². The Morgan fingerprint density at radius 1 is 1.29 bits per heavy atom. The van der Waals surface area contributed by atoms with Gasteiger partial charge in [-0.15, -0.1) is 0 Å². The predicted octanol–water partition coefficient (Wildman–Crippen LogP) is 2.13. The molecule has 1 N–H and O–H groups in total. The zero-order valence-corrected chi connectivity index (χ0v) is 13.8. The van der Waals surface area contributed by atoms with Gasteiger partial charge in [0.15, 0.2) is 0 Å². The molecule has 0 bridgehead atoms. The highest BCUT2D eigenvalue weighted by atomic mass is 35.5. The molecule has 0 saturated carbocycles. The molecule has 2 rings (SSSR count). The van der Waals surface area contributed by atoms with Crippen LogP contribution < -0.4 is 0 Å². The minimum absolute atomic E-state index is 0.206. The first-order valence-corrected chi connectivity index (χ1v) is 9.62. The number of benzene rings is 1. The third-order valence-electron chi connectivity index (χ3n) is 4.07. The van der Waals surface area contributed by atoms with Crippen molar-refractivity contribution >= 4 is 21.4 Å². The van der Waals surface area contributed by atoms with E-state index < -0.39 is 15.9 Å². The number of aliphatic hydroxyl groups excluding tert-OH is 1. The Hall–Kier alpha value is -0.620. The van der Waals surface area contributed by atoms with Gasteiger partial charge < -0.3 is 10.0 Å². The Morgan fingerprint density at radius 2 is 1.86 bits per heavy atom. The zero-order valence-electron chi connectivity index (χ0n) is 12.2. The van der Waals surface area contributed by atoms with Gasteiger partial charge in [0.1, 0.15) is 9.84 Å². The summed E-state index contributed by atoms with van der Waals surface area (Å²) in [4.78, 5) is 2.16. The van der Waals surface area contributed by atoms with Crippen molar-refractivity contribution in [2.75, 3.05) is 31.6 Å². The molecule has 1 unspecified atom stereocenters. The normalized spacial score (nSPS) is 19.6. The van der Waals surface area contributed by atoms with Crippen molar-refractivity contribution < 1.29 is 13.5 Å². The average Bonchev–Trinajstić information content (AvgIpc) is 2.45. The lowest BCUT2D eigenvalue weighted by Crippen LogP contribution is -2.38. The monoisotopic (exact) mass is 331 g/mol. The van der Waals surface area contributed by atoms with Crippen LogP contribution in [0.3, 0.4) is 0 Å². The number of hydrogen-bond donors (Lipinski definition) is 1. The molecule has 0 amide bonds. The summed E-state index contributed by atoms with van der Waals surface area (Å²) in [6.45, 7) is 2.26. The number of nitrogens with zero attached hydrogens (tertiary/aromatic N) is 1. The average molecular weight is 332 g/mol. The number of aliphatic hydroxyl groups is 1. The van der Waals surface area contributed by atoms with E-state index >= 15 is 0 Å². The Labute approximate surface area is 131 Å². The second kappa shape index (κ2) is 7.09. The smallest absolute Gasteiger partial charge is 0.148 e. The lowest BCUT2D eigenvalue weighted by Gasteiger charge is -2.34. The van der Waals surface area contributed by atoms with Crippen molar-refractivity contribution in [3.8, 4) is 0 Å². The van der Waals surface area contributed by atoms with Gasteiger partial charge >= 0.3 is 0 Å². The SMILES string of the molecule is CS(=O)(=O)CCN1CCC(C(O)c2ccc(Cl)cc2)CC1. The third kappa shape index (κ3) is 5.25. The van der Waals surface area contributed by atoms with Gasteiger partial charge in [0.05, 0.1) is 11.9 Å². The van der Waals surface area contributed by atoms with Gasteiger partial charge in [-0.1, -0.05) is 23.7 Å². The molecule has 1 aromatic rings. The molecule has 1 heterocycles. The van der Waals surface area contributed by atoms with E-state index in [0.29, 0.717) is 11.6 Å². The minimum Gasteiger partial charge on any atom is -0.388 e. The molecular formula is C15H22ClNO3S. The number of sulfone groups is 1. The summed E-state index contributed by atoms with van der Waals surface area (Å²) in [6, 6.07) is 7.31. The summed E-state index contributed by atoms with van der Waals surface area (Å²) in [5, 5.41) is 11.1. The van der Waals surface area contributed by atoms with Gasteiger partial charge in [0.2, 0.25) is 0 Å². The van der Waals surface area contributed by atoms with E-state index in [1.165, 1.54) is 6.26 Å². The Morgan fingerprint density at radius 3 is 2.38 bits per heavy atom. The molecule has 0 aromatic heterocycles. The maximum atomic E-state index is 11.2. The van der Waals surface area contributed by atoms with E-state index in [2.05, 4.69) is 4.90 Å².